The summed E-state index contributed by atoms with van der Waals surface area (Å²) < 4.78 is 25.8. The molecule has 0 aliphatic carbocycles. The highest BCUT2D eigenvalue weighted by Gasteiger charge is 2.19. The Kier molecular flexibility index (Phi) is 5.58. The second kappa shape index (κ2) is 5.29. The Balaban J connectivity index is 4.01. The molecule has 0 spiro atoms. The molecule has 68 valence electrons. The Hall–Kier alpha value is 0.610. The third-order valence-corrected chi connectivity index (χ3v) is 3.84. The molecule has 1 atom stereocenters. The lowest BCUT2D eigenvalue weighted by atomic mass is 10.6. The predicted octanol–water partition coefficient (Wildman–Crippen LogP) is 0.929. The van der Waals surface area contributed by atoms with Gasteiger partial charge >= 0.3 is 0 Å². The first-order valence-corrected chi connectivity index (χ1v) is 5.83. The third kappa shape index (κ3) is 4.25. The van der Waals surface area contributed by atoms with Crippen LogP contribution in [0.15, 0.2) is 0 Å². The van der Waals surface area contributed by atoms with Crippen LogP contribution >= 0.6 is 25.3 Å². The van der Waals surface area contributed by atoms with Gasteiger partial charge in [0, 0.05) is 5.75 Å². The van der Waals surface area contributed by atoms with E-state index in [0.29, 0.717) is 12.2 Å². The van der Waals surface area contributed by atoms with Gasteiger partial charge in [0.2, 0.25) is 0 Å². The van der Waals surface area contributed by atoms with Crippen molar-refractivity contribution < 1.29 is 12.6 Å². The molecule has 0 aromatic heterocycles. The predicted molar refractivity (Wildman–Crippen MR) is 51.8 cm³/mol. The Morgan fingerprint density at radius 1 is 1.55 bits per heavy atom. The third-order valence-electron chi connectivity index (χ3n) is 1.02. The Morgan fingerprint density at radius 3 is 2.45 bits per heavy atom. The first kappa shape index (κ1) is 11.6. The van der Waals surface area contributed by atoms with Gasteiger partial charge in [-0.15, -0.1) is 0 Å². The summed E-state index contributed by atoms with van der Waals surface area (Å²) in [6.45, 7) is 1.85. The van der Waals surface area contributed by atoms with Gasteiger partial charge in [-0.3, -0.25) is 4.18 Å². The highest BCUT2D eigenvalue weighted by atomic mass is 32.3. The summed E-state index contributed by atoms with van der Waals surface area (Å²) in [7, 11) is -3.46. The van der Waals surface area contributed by atoms with Gasteiger partial charge in [0.15, 0.2) is 0 Å². The van der Waals surface area contributed by atoms with E-state index in [2.05, 4.69) is 29.4 Å². The van der Waals surface area contributed by atoms with E-state index in [1.807, 2.05) is 0 Å². The average molecular weight is 216 g/mol. The fourth-order valence-electron chi connectivity index (χ4n) is 0.436. The zero-order chi connectivity index (χ0) is 8.91. The van der Waals surface area contributed by atoms with Crippen LogP contribution in [-0.2, 0) is 14.3 Å². The van der Waals surface area contributed by atoms with E-state index >= 15 is 0 Å². The maximum atomic E-state index is 11.0. The summed E-state index contributed by atoms with van der Waals surface area (Å²) in [5, 5.41) is 0. The molecule has 3 nitrogen and oxygen atoms in total. The molecule has 0 rings (SSSR count). The van der Waals surface area contributed by atoms with Crippen molar-refractivity contribution in [3.8, 4) is 0 Å². The van der Waals surface area contributed by atoms with E-state index in [9.17, 15) is 8.42 Å². The molecule has 0 aliphatic heterocycles. The van der Waals surface area contributed by atoms with Crippen molar-refractivity contribution in [1.82, 2.24) is 0 Å². The maximum absolute atomic E-state index is 11.0. The van der Waals surface area contributed by atoms with Crippen molar-refractivity contribution in [2.24, 2.45) is 0 Å². The second-order valence-electron chi connectivity index (χ2n) is 1.90. The molecule has 0 bridgehead atoms. The molecule has 0 amide bonds. The Bertz CT molecular complexity index is 187. The zero-order valence-electron chi connectivity index (χ0n) is 6.23. The van der Waals surface area contributed by atoms with E-state index < -0.39 is 14.7 Å². The van der Waals surface area contributed by atoms with Crippen LogP contribution in [0.3, 0.4) is 0 Å². The summed E-state index contributed by atoms with van der Waals surface area (Å²) in [6.07, 6.45) is 0.442. The molecular formula is C5H12O3S3. The number of hydrogen-bond donors (Lipinski definition) is 2. The van der Waals surface area contributed by atoms with E-state index in [1.54, 1.807) is 6.92 Å². The molecule has 0 heterocycles. The fraction of sp³-hybridized carbons (Fsp3) is 1.00. The van der Waals surface area contributed by atoms with Gasteiger partial charge in [0.1, 0.15) is 4.58 Å². The molecule has 0 radical (unpaired) electrons. The van der Waals surface area contributed by atoms with Gasteiger partial charge in [-0.2, -0.15) is 33.7 Å². The number of thiol groups is 2. The van der Waals surface area contributed by atoms with Crippen molar-refractivity contribution in [3.05, 3.63) is 0 Å². The minimum Gasteiger partial charge on any atom is -0.268 e. The summed E-state index contributed by atoms with van der Waals surface area (Å²) in [6, 6.07) is 0. The maximum Gasteiger partial charge on any atom is 0.279 e. The van der Waals surface area contributed by atoms with Crippen LogP contribution < -0.4 is 0 Å². The highest BCUT2D eigenvalue weighted by Crippen LogP contribution is 2.11. The monoisotopic (exact) mass is 216 g/mol. The molecule has 0 aromatic rings. The molecule has 6 heteroatoms. The quantitative estimate of drug-likeness (QED) is 0.531. The summed E-state index contributed by atoms with van der Waals surface area (Å²) >= 11 is 7.66. The van der Waals surface area contributed by atoms with E-state index in [1.165, 1.54) is 0 Å². The summed E-state index contributed by atoms with van der Waals surface area (Å²) in [5.41, 5.74) is 0. The van der Waals surface area contributed by atoms with Crippen LogP contribution in [-0.4, -0.2) is 25.4 Å². The summed E-state index contributed by atoms with van der Waals surface area (Å²) in [5.74, 6) is 0.392. The Labute approximate surface area is 78.5 Å². The smallest absolute Gasteiger partial charge is 0.268 e. The van der Waals surface area contributed by atoms with Crippen molar-refractivity contribution in [3.63, 3.8) is 0 Å². The van der Waals surface area contributed by atoms with Gasteiger partial charge in [0.25, 0.3) is 10.1 Å². The molecule has 0 saturated carbocycles. The van der Waals surface area contributed by atoms with Gasteiger partial charge in [-0.1, -0.05) is 6.92 Å². The average Bonchev–Trinajstić information content (AvgIpc) is 1.99. The van der Waals surface area contributed by atoms with Crippen molar-refractivity contribution >= 4 is 35.4 Å². The molecule has 0 aliphatic rings. The molecular weight excluding hydrogens is 204 g/mol. The number of hydrogen-bond acceptors (Lipinski definition) is 5. The fourth-order valence-corrected chi connectivity index (χ4v) is 1.71. The van der Waals surface area contributed by atoms with E-state index in [-0.39, 0.29) is 6.61 Å². The van der Waals surface area contributed by atoms with Crippen LogP contribution in [0.25, 0.3) is 0 Å². The first-order valence-electron chi connectivity index (χ1n) is 3.21. The molecule has 0 aromatic carbocycles. The highest BCUT2D eigenvalue weighted by molar-refractivity contribution is 8.02. The van der Waals surface area contributed by atoms with Crippen LogP contribution in [0, 0.1) is 0 Å². The lowest BCUT2D eigenvalue weighted by molar-refractivity contribution is 0.339. The lowest BCUT2D eigenvalue weighted by Crippen LogP contribution is -2.18. The number of rotatable bonds is 5. The van der Waals surface area contributed by atoms with Crippen LogP contribution in [0.4, 0.5) is 0 Å². The zero-order valence-corrected chi connectivity index (χ0v) is 8.83. The SMILES string of the molecule is CCC(S)S(=O)(=O)OCCS. The van der Waals surface area contributed by atoms with Crippen molar-refractivity contribution in [2.75, 3.05) is 12.4 Å². The van der Waals surface area contributed by atoms with Crippen LogP contribution in [0.1, 0.15) is 13.3 Å². The van der Waals surface area contributed by atoms with E-state index in [4.69, 9.17) is 0 Å². The normalized spacial score (nSPS) is 14.8. The molecule has 0 N–H and O–H groups in total. The molecule has 0 fully saturated rings. The molecule has 0 saturated heterocycles. The van der Waals surface area contributed by atoms with Gasteiger partial charge in [0.05, 0.1) is 6.61 Å². The molecule has 11 heavy (non-hydrogen) atoms. The minimum absolute atomic E-state index is 0.114. The minimum atomic E-state index is -3.46. The first-order chi connectivity index (χ1) is 5.04. The topological polar surface area (TPSA) is 43.4 Å². The van der Waals surface area contributed by atoms with Crippen molar-refractivity contribution in [2.45, 2.75) is 17.9 Å². The van der Waals surface area contributed by atoms with Crippen molar-refractivity contribution in [1.29, 1.82) is 0 Å². The van der Waals surface area contributed by atoms with Crippen LogP contribution in [0.5, 0.6) is 0 Å². The van der Waals surface area contributed by atoms with Gasteiger partial charge in [-0.05, 0) is 6.42 Å². The van der Waals surface area contributed by atoms with E-state index in [0.717, 1.165) is 0 Å². The lowest BCUT2D eigenvalue weighted by Gasteiger charge is -2.08. The Morgan fingerprint density at radius 2 is 2.09 bits per heavy atom. The van der Waals surface area contributed by atoms with Crippen LogP contribution in [0.2, 0.25) is 0 Å². The standard InChI is InChI=1S/C5H12O3S3/c1-2-5(10)11(6,7)8-3-4-9/h5,9-10H,2-4H2,1H3. The van der Waals surface area contributed by atoms with Gasteiger partial charge in [-0.25, -0.2) is 0 Å². The molecule has 1 unspecified atom stereocenters. The van der Waals surface area contributed by atoms with Gasteiger partial charge < -0.3 is 0 Å². The largest absolute Gasteiger partial charge is 0.279 e. The summed E-state index contributed by atoms with van der Waals surface area (Å²) in [4.78, 5) is 0. The second-order valence-corrected chi connectivity index (χ2v) is 5.11.